The molecule has 3 aromatic rings. The highest BCUT2D eigenvalue weighted by atomic mass is 35.5. The van der Waals surface area contributed by atoms with Crippen LogP contribution in [0.2, 0.25) is 5.02 Å². The molecular formula is C22H22ClNO3. The molecule has 4 nitrogen and oxygen atoms in total. The average molecular weight is 384 g/mol. The van der Waals surface area contributed by atoms with Crippen LogP contribution < -0.4 is 0 Å². The number of halogens is 1. The number of furan rings is 1. The first-order valence-corrected chi connectivity index (χ1v) is 9.45. The van der Waals surface area contributed by atoms with Gasteiger partial charge in [-0.2, -0.15) is 0 Å². The highest BCUT2D eigenvalue weighted by Gasteiger charge is 2.29. The van der Waals surface area contributed by atoms with Crippen molar-refractivity contribution in [2.75, 3.05) is 13.1 Å². The summed E-state index contributed by atoms with van der Waals surface area (Å²) in [7, 11) is 0. The summed E-state index contributed by atoms with van der Waals surface area (Å²) in [4.78, 5) is 2.33. The van der Waals surface area contributed by atoms with Crippen molar-refractivity contribution in [1.29, 1.82) is 0 Å². The Morgan fingerprint density at radius 1 is 1.19 bits per heavy atom. The van der Waals surface area contributed by atoms with Gasteiger partial charge in [-0.25, -0.2) is 0 Å². The first-order valence-electron chi connectivity index (χ1n) is 9.07. The molecule has 1 aliphatic rings. The van der Waals surface area contributed by atoms with Crippen LogP contribution in [0.4, 0.5) is 0 Å². The zero-order chi connectivity index (χ0) is 19.0. The minimum atomic E-state index is -0.238. The molecule has 0 bridgehead atoms. The molecule has 2 aromatic carbocycles. The topological polar surface area (TPSA) is 56.8 Å². The Labute approximate surface area is 163 Å². The van der Waals surface area contributed by atoms with Crippen LogP contribution in [0.15, 0.2) is 53.1 Å². The molecule has 0 amide bonds. The number of rotatable bonds is 3. The number of hydrogen-bond acceptors (Lipinski definition) is 4. The lowest BCUT2D eigenvalue weighted by molar-refractivity contribution is 0.246. The lowest BCUT2D eigenvalue weighted by Crippen LogP contribution is -2.28. The summed E-state index contributed by atoms with van der Waals surface area (Å²) in [6.45, 7) is 4.35. The van der Waals surface area contributed by atoms with Gasteiger partial charge in [0.15, 0.2) is 11.5 Å². The predicted octanol–water partition coefficient (Wildman–Crippen LogP) is 4.84. The second-order valence-corrected chi connectivity index (χ2v) is 7.54. The molecule has 0 aliphatic carbocycles. The monoisotopic (exact) mass is 383 g/mol. The van der Waals surface area contributed by atoms with Gasteiger partial charge in [-0.05, 0) is 48.2 Å². The Kier molecular flexibility index (Phi) is 4.85. The number of fused-ring (bicyclic) bond motifs is 1. The van der Waals surface area contributed by atoms with E-state index in [9.17, 15) is 10.2 Å². The highest BCUT2D eigenvalue weighted by Crippen LogP contribution is 2.43. The fraction of sp³-hybridized carbons (Fsp3) is 0.273. The second-order valence-electron chi connectivity index (χ2n) is 7.16. The Morgan fingerprint density at radius 3 is 2.78 bits per heavy atom. The molecule has 0 fully saturated rings. The summed E-state index contributed by atoms with van der Waals surface area (Å²) in [5.74, 6) is 0.552. The maximum Gasteiger partial charge on any atom is 0.176 e. The first-order chi connectivity index (χ1) is 13.0. The van der Waals surface area contributed by atoms with Crippen molar-refractivity contribution < 1.29 is 14.6 Å². The van der Waals surface area contributed by atoms with E-state index in [0.29, 0.717) is 13.0 Å². The standard InChI is InChI=1S/C22H22ClNO3/c1-14-4-2-5-15(10-14)19-13-24(12-16-6-3-9-27-16)8-7-17-18(19)11-20(25)22(26)21(17)23/h2-6,9-11,19,25-26H,7-8,12-13H2,1H3. The molecule has 1 aliphatic heterocycles. The number of hydrogen-bond donors (Lipinski definition) is 2. The minimum absolute atomic E-state index is 0.0429. The van der Waals surface area contributed by atoms with Crippen molar-refractivity contribution in [3.63, 3.8) is 0 Å². The van der Waals surface area contributed by atoms with Gasteiger partial charge in [0.1, 0.15) is 5.76 Å². The SMILES string of the molecule is Cc1cccc(C2CN(Cc3ccco3)CCc3c2cc(O)c(O)c3Cl)c1. The predicted molar refractivity (Wildman–Crippen MR) is 105 cm³/mol. The van der Waals surface area contributed by atoms with Crippen molar-refractivity contribution in [3.8, 4) is 11.5 Å². The molecule has 1 aromatic heterocycles. The van der Waals surface area contributed by atoms with Gasteiger partial charge in [-0.3, -0.25) is 4.90 Å². The van der Waals surface area contributed by atoms with Crippen molar-refractivity contribution in [2.24, 2.45) is 0 Å². The Balaban J connectivity index is 1.78. The van der Waals surface area contributed by atoms with Gasteiger partial charge in [-0.15, -0.1) is 0 Å². The molecule has 1 atom stereocenters. The zero-order valence-corrected chi connectivity index (χ0v) is 15.9. The van der Waals surface area contributed by atoms with Gasteiger partial charge >= 0.3 is 0 Å². The molecule has 4 rings (SSSR count). The molecule has 27 heavy (non-hydrogen) atoms. The smallest absolute Gasteiger partial charge is 0.176 e. The Morgan fingerprint density at radius 2 is 2.04 bits per heavy atom. The zero-order valence-electron chi connectivity index (χ0n) is 15.2. The van der Waals surface area contributed by atoms with Crippen LogP contribution in [-0.2, 0) is 13.0 Å². The fourth-order valence-electron chi connectivity index (χ4n) is 3.91. The number of phenolic OH excluding ortho intramolecular Hbond substituents is 2. The van der Waals surface area contributed by atoms with Gasteiger partial charge in [0, 0.05) is 19.0 Å². The lowest BCUT2D eigenvalue weighted by Gasteiger charge is -2.25. The Hall–Kier alpha value is -2.43. The van der Waals surface area contributed by atoms with Crippen molar-refractivity contribution in [3.05, 3.63) is 81.8 Å². The van der Waals surface area contributed by atoms with E-state index in [0.717, 1.165) is 30.0 Å². The summed E-state index contributed by atoms with van der Waals surface area (Å²) in [5.41, 5.74) is 4.23. The largest absolute Gasteiger partial charge is 0.504 e. The third-order valence-electron chi connectivity index (χ3n) is 5.25. The van der Waals surface area contributed by atoms with Crippen LogP contribution in [-0.4, -0.2) is 28.2 Å². The molecule has 5 heteroatoms. The molecule has 0 spiro atoms. The molecule has 1 unspecified atom stereocenters. The number of nitrogens with zero attached hydrogens (tertiary/aromatic N) is 1. The number of aryl methyl sites for hydroxylation is 1. The van der Waals surface area contributed by atoms with E-state index >= 15 is 0 Å². The van der Waals surface area contributed by atoms with E-state index in [1.54, 1.807) is 12.3 Å². The van der Waals surface area contributed by atoms with Gasteiger partial charge in [0.2, 0.25) is 0 Å². The molecule has 2 N–H and O–H groups in total. The summed E-state index contributed by atoms with van der Waals surface area (Å²) in [6, 6.07) is 13.9. The van der Waals surface area contributed by atoms with Gasteiger partial charge < -0.3 is 14.6 Å². The molecule has 140 valence electrons. The number of benzene rings is 2. The molecule has 0 saturated heterocycles. The third kappa shape index (κ3) is 3.55. The van der Waals surface area contributed by atoms with E-state index in [1.807, 2.05) is 18.2 Å². The minimum Gasteiger partial charge on any atom is -0.504 e. The second kappa shape index (κ2) is 7.29. The van der Waals surface area contributed by atoms with Crippen molar-refractivity contribution in [1.82, 2.24) is 4.90 Å². The van der Waals surface area contributed by atoms with E-state index < -0.39 is 0 Å². The number of aromatic hydroxyl groups is 2. The third-order valence-corrected chi connectivity index (χ3v) is 5.66. The van der Waals surface area contributed by atoms with Crippen LogP contribution in [0.3, 0.4) is 0 Å². The average Bonchev–Trinajstić information content (AvgIpc) is 3.09. The summed E-state index contributed by atoms with van der Waals surface area (Å²) in [5, 5.41) is 20.5. The van der Waals surface area contributed by atoms with Gasteiger partial charge in [0.05, 0.1) is 17.8 Å². The summed E-state index contributed by atoms with van der Waals surface area (Å²) < 4.78 is 5.53. The lowest BCUT2D eigenvalue weighted by atomic mass is 9.87. The van der Waals surface area contributed by atoms with Crippen LogP contribution in [0.5, 0.6) is 11.5 Å². The number of phenols is 2. The quantitative estimate of drug-likeness (QED) is 0.635. The van der Waals surface area contributed by atoms with Crippen LogP contribution >= 0.6 is 11.6 Å². The molecular weight excluding hydrogens is 362 g/mol. The fourth-order valence-corrected chi connectivity index (χ4v) is 4.21. The van der Waals surface area contributed by atoms with Crippen molar-refractivity contribution >= 4 is 11.6 Å². The molecule has 0 radical (unpaired) electrons. The van der Waals surface area contributed by atoms with Crippen LogP contribution in [0, 0.1) is 6.92 Å². The van der Waals surface area contributed by atoms with Crippen LogP contribution in [0.1, 0.15) is 33.9 Å². The van der Waals surface area contributed by atoms with Gasteiger partial charge in [0.25, 0.3) is 0 Å². The first kappa shape index (κ1) is 18.0. The van der Waals surface area contributed by atoms with E-state index in [4.69, 9.17) is 16.0 Å². The maximum absolute atomic E-state index is 10.2. The molecule has 0 saturated carbocycles. The Bertz CT molecular complexity index is 952. The summed E-state index contributed by atoms with van der Waals surface area (Å²) in [6.07, 6.45) is 2.39. The van der Waals surface area contributed by atoms with Crippen LogP contribution in [0.25, 0.3) is 0 Å². The molecule has 2 heterocycles. The normalized spacial score (nSPS) is 17.5. The maximum atomic E-state index is 10.2. The van der Waals surface area contributed by atoms with E-state index in [1.165, 1.54) is 11.1 Å². The van der Waals surface area contributed by atoms with Crippen molar-refractivity contribution in [2.45, 2.75) is 25.8 Å². The van der Waals surface area contributed by atoms with Gasteiger partial charge in [-0.1, -0.05) is 41.4 Å². The van der Waals surface area contributed by atoms with E-state index in [2.05, 4.69) is 30.0 Å². The summed E-state index contributed by atoms with van der Waals surface area (Å²) >= 11 is 6.42. The highest BCUT2D eigenvalue weighted by molar-refractivity contribution is 6.33. The van der Waals surface area contributed by atoms with E-state index in [-0.39, 0.29) is 22.4 Å².